The van der Waals surface area contributed by atoms with Crippen LogP contribution in [0.4, 0.5) is 5.82 Å². The van der Waals surface area contributed by atoms with E-state index >= 15 is 0 Å². The summed E-state index contributed by atoms with van der Waals surface area (Å²) in [6.45, 7) is 8.62. The lowest BCUT2D eigenvalue weighted by Crippen LogP contribution is -2.36. The molecular weight excluding hydrogens is 386 g/mol. The second-order valence-electron chi connectivity index (χ2n) is 6.69. The summed E-state index contributed by atoms with van der Waals surface area (Å²) in [4.78, 5) is 29.3. The van der Waals surface area contributed by atoms with Gasteiger partial charge in [0.1, 0.15) is 10.7 Å². The van der Waals surface area contributed by atoms with Gasteiger partial charge in [-0.15, -0.1) is 0 Å². The van der Waals surface area contributed by atoms with Gasteiger partial charge in [-0.05, 0) is 31.7 Å². The highest BCUT2D eigenvalue weighted by Gasteiger charge is 2.27. The van der Waals surface area contributed by atoms with E-state index in [-0.39, 0.29) is 5.91 Å². The van der Waals surface area contributed by atoms with Crippen LogP contribution in [0.15, 0.2) is 37.9 Å². The highest BCUT2D eigenvalue weighted by Crippen LogP contribution is 2.39. The molecule has 4 rings (SSSR count). The zero-order chi connectivity index (χ0) is 20.6. The van der Waals surface area contributed by atoms with Crippen LogP contribution in [0.2, 0.25) is 0 Å². The third-order valence-corrected chi connectivity index (χ3v) is 5.70. The Morgan fingerprint density at radius 2 is 2.07 bits per heavy atom. The Bertz CT molecular complexity index is 859. The summed E-state index contributed by atoms with van der Waals surface area (Å²) >= 11 is 1.48. The van der Waals surface area contributed by atoms with E-state index in [2.05, 4.69) is 27.1 Å². The number of amides is 1. The minimum atomic E-state index is -0.209. The number of fused-ring (bicyclic) bond motifs is 2. The molecule has 0 unspecified atom stereocenters. The summed E-state index contributed by atoms with van der Waals surface area (Å²) in [7, 11) is 0. The van der Waals surface area contributed by atoms with Crippen LogP contribution in [-0.2, 0) is 0 Å². The van der Waals surface area contributed by atoms with Gasteiger partial charge in [0.25, 0.3) is 5.91 Å². The molecule has 0 atom stereocenters. The van der Waals surface area contributed by atoms with Crippen molar-refractivity contribution in [1.82, 2.24) is 20.2 Å². The van der Waals surface area contributed by atoms with E-state index in [1.54, 1.807) is 6.26 Å². The van der Waals surface area contributed by atoms with Gasteiger partial charge in [-0.3, -0.25) is 4.79 Å². The quantitative estimate of drug-likeness (QED) is 0.732. The van der Waals surface area contributed by atoms with Gasteiger partial charge in [0.05, 0.1) is 17.4 Å². The maximum Gasteiger partial charge on any atom is 0.271 e. The molecule has 0 bridgehead atoms. The molecule has 2 aromatic heterocycles. The Hall–Kier alpha value is -2.35. The van der Waals surface area contributed by atoms with Crippen LogP contribution in [0.1, 0.15) is 69.1 Å². The molecule has 1 N–H and O–H groups in total. The van der Waals surface area contributed by atoms with Crippen molar-refractivity contribution in [2.75, 3.05) is 19.6 Å². The standard InChI is InChI=1S/C19H23N5O2S.C2H6/c1-2-3-8-20-18(25)13-12-21-19-16(22-13)23-17(24-9-5-4-6-10-24)15-14(27-19)7-11-26-15;1-2/h7,11-12H,2-6,8-10H2,1H3,(H,20,25);1-2H3. The van der Waals surface area contributed by atoms with Gasteiger partial charge in [0, 0.05) is 19.6 Å². The van der Waals surface area contributed by atoms with E-state index in [4.69, 9.17) is 9.41 Å². The number of furan rings is 1. The largest absolute Gasteiger partial charge is 0.460 e. The third kappa shape index (κ3) is 4.98. The van der Waals surface area contributed by atoms with E-state index in [1.807, 2.05) is 19.9 Å². The SMILES string of the molecule is CC.CCCCNC(=O)c1cnc2c(n1)N=C(N1CCCCC1)c1occc1S2. The number of carbonyl (C=O) groups excluding carboxylic acids is 1. The Morgan fingerprint density at radius 1 is 1.28 bits per heavy atom. The number of aromatic nitrogens is 2. The Balaban J connectivity index is 0.00000117. The van der Waals surface area contributed by atoms with Crippen LogP contribution in [0.3, 0.4) is 0 Å². The zero-order valence-electron chi connectivity index (χ0n) is 17.4. The van der Waals surface area contributed by atoms with Crippen molar-refractivity contribution >= 4 is 29.3 Å². The molecule has 1 fully saturated rings. The molecule has 29 heavy (non-hydrogen) atoms. The molecule has 2 aliphatic rings. The van der Waals surface area contributed by atoms with Gasteiger partial charge >= 0.3 is 0 Å². The van der Waals surface area contributed by atoms with Crippen LogP contribution in [0.25, 0.3) is 0 Å². The summed E-state index contributed by atoms with van der Waals surface area (Å²) in [5.74, 6) is 1.82. The Morgan fingerprint density at radius 3 is 2.83 bits per heavy atom. The topological polar surface area (TPSA) is 83.6 Å². The first-order chi connectivity index (χ1) is 14.3. The number of amidine groups is 1. The number of likely N-dealkylation sites (tertiary alicyclic amines) is 1. The monoisotopic (exact) mass is 415 g/mol. The molecule has 0 aliphatic carbocycles. The summed E-state index contributed by atoms with van der Waals surface area (Å²) in [5.41, 5.74) is 0.297. The van der Waals surface area contributed by atoms with Crippen LogP contribution in [0.5, 0.6) is 0 Å². The molecule has 2 aromatic rings. The average molecular weight is 416 g/mol. The van der Waals surface area contributed by atoms with Gasteiger partial charge in [-0.1, -0.05) is 39.0 Å². The van der Waals surface area contributed by atoms with E-state index < -0.39 is 0 Å². The fraction of sp³-hybridized carbons (Fsp3) is 0.524. The van der Waals surface area contributed by atoms with E-state index in [0.29, 0.717) is 23.1 Å². The number of rotatable bonds is 4. The molecule has 1 saturated heterocycles. The fourth-order valence-corrected chi connectivity index (χ4v) is 4.06. The summed E-state index contributed by atoms with van der Waals surface area (Å²) < 4.78 is 5.75. The number of nitrogens with zero attached hydrogens (tertiary/aromatic N) is 4. The fourth-order valence-electron chi connectivity index (χ4n) is 3.21. The van der Waals surface area contributed by atoms with Crippen molar-refractivity contribution in [3.63, 3.8) is 0 Å². The van der Waals surface area contributed by atoms with Crippen LogP contribution in [0, 0.1) is 0 Å². The number of nitrogens with one attached hydrogen (secondary N) is 1. The molecule has 1 amide bonds. The lowest BCUT2D eigenvalue weighted by molar-refractivity contribution is 0.0947. The van der Waals surface area contributed by atoms with E-state index in [0.717, 1.165) is 55.3 Å². The first-order valence-corrected chi connectivity index (χ1v) is 11.3. The second-order valence-corrected chi connectivity index (χ2v) is 7.72. The lowest BCUT2D eigenvalue weighted by Gasteiger charge is -2.28. The van der Waals surface area contributed by atoms with Crippen molar-refractivity contribution in [3.8, 4) is 0 Å². The highest BCUT2D eigenvalue weighted by atomic mass is 32.2. The van der Waals surface area contributed by atoms with Gasteiger partial charge in [0.2, 0.25) is 0 Å². The molecule has 0 spiro atoms. The van der Waals surface area contributed by atoms with E-state index in [1.165, 1.54) is 24.4 Å². The van der Waals surface area contributed by atoms with Crippen molar-refractivity contribution in [2.24, 2.45) is 4.99 Å². The molecule has 0 radical (unpaired) electrons. The van der Waals surface area contributed by atoms with Crippen molar-refractivity contribution in [3.05, 3.63) is 30.0 Å². The van der Waals surface area contributed by atoms with Gasteiger partial charge in [0.15, 0.2) is 17.4 Å². The van der Waals surface area contributed by atoms with Crippen molar-refractivity contribution in [1.29, 1.82) is 0 Å². The van der Waals surface area contributed by atoms with Gasteiger partial charge in [-0.2, -0.15) is 0 Å². The Labute approximate surface area is 176 Å². The van der Waals surface area contributed by atoms with Gasteiger partial charge < -0.3 is 14.6 Å². The lowest BCUT2D eigenvalue weighted by atomic mass is 10.1. The minimum absolute atomic E-state index is 0.209. The molecular formula is C21H29N5O2S. The number of hydrogen-bond acceptors (Lipinski definition) is 7. The summed E-state index contributed by atoms with van der Waals surface area (Å²) in [6, 6.07) is 1.93. The second kappa shape index (κ2) is 10.4. The minimum Gasteiger partial charge on any atom is -0.460 e. The number of carbonyl (C=O) groups is 1. The first-order valence-electron chi connectivity index (χ1n) is 10.5. The number of aliphatic imine (C=N–C) groups is 1. The van der Waals surface area contributed by atoms with Crippen LogP contribution < -0.4 is 5.32 Å². The summed E-state index contributed by atoms with van der Waals surface area (Å²) in [6.07, 6.45) is 8.70. The molecule has 8 heteroatoms. The third-order valence-electron chi connectivity index (χ3n) is 4.68. The highest BCUT2D eigenvalue weighted by molar-refractivity contribution is 7.99. The van der Waals surface area contributed by atoms with Crippen LogP contribution >= 0.6 is 11.8 Å². The van der Waals surface area contributed by atoms with E-state index in [9.17, 15) is 4.79 Å². The number of hydrogen-bond donors (Lipinski definition) is 1. The molecule has 156 valence electrons. The predicted octanol–water partition coefficient (Wildman–Crippen LogP) is 4.65. The molecule has 0 saturated carbocycles. The summed E-state index contributed by atoms with van der Waals surface area (Å²) in [5, 5.41) is 3.57. The van der Waals surface area contributed by atoms with Crippen molar-refractivity contribution < 1.29 is 9.21 Å². The maximum atomic E-state index is 12.3. The maximum absolute atomic E-state index is 12.3. The number of piperidine rings is 1. The zero-order valence-corrected chi connectivity index (χ0v) is 18.2. The number of unbranched alkanes of at least 4 members (excludes halogenated alkanes) is 1. The normalized spacial score (nSPS) is 15.3. The van der Waals surface area contributed by atoms with Gasteiger partial charge in [-0.25, -0.2) is 15.0 Å². The Kier molecular flexibility index (Phi) is 7.69. The molecule has 7 nitrogen and oxygen atoms in total. The van der Waals surface area contributed by atoms with Crippen LogP contribution in [-0.4, -0.2) is 46.2 Å². The molecule has 0 aromatic carbocycles. The average Bonchev–Trinajstić information content (AvgIpc) is 3.16. The predicted molar refractivity (Wildman–Crippen MR) is 115 cm³/mol. The smallest absolute Gasteiger partial charge is 0.271 e. The first kappa shape index (κ1) is 21.4. The molecule has 2 aliphatic heterocycles. The molecule has 4 heterocycles. The van der Waals surface area contributed by atoms with Crippen molar-refractivity contribution in [2.45, 2.75) is 62.8 Å².